The molecule has 0 amide bonds. The molecule has 1 aromatic rings. The number of phenols is 1. The Labute approximate surface area is 131 Å². The first-order valence-corrected chi connectivity index (χ1v) is 7.85. The Morgan fingerprint density at radius 2 is 1.95 bits per heavy atom. The fourth-order valence-corrected chi connectivity index (χ4v) is 4.63. The average molecular weight is 304 g/mol. The lowest BCUT2D eigenvalue weighted by molar-refractivity contribution is -0.0688. The number of aliphatic hydroxyl groups excluding tert-OH is 1. The molecular formula is C18H24O4. The first kappa shape index (κ1) is 15.3. The molecule has 0 bridgehead atoms. The lowest BCUT2D eigenvalue weighted by Crippen LogP contribution is -2.54. The van der Waals surface area contributed by atoms with Gasteiger partial charge < -0.3 is 14.9 Å². The van der Waals surface area contributed by atoms with Crippen LogP contribution in [-0.4, -0.2) is 29.2 Å². The normalized spacial score (nSPS) is 33.0. The molecule has 22 heavy (non-hydrogen) atoms. The van der Waals surface area contributed by atoms with Crippen molar-refractivity contribution < 1.29 is 19.7 Å². The van der Waals surface area contributed by atoms with Gasteiger partial charge in [-0.15, -0.1) is 0 Å². The maximum Gasteiger partial charge on any atom is 0.168 e. The number of benzene rings is 1. The van der Waals surface area contributed by atoms with Crippen molar-refractivity contribution >= 4 is 5.78 Å². The molecule has 3 unspecified atom stereocenters. The topological polar surface area (TPSA) is 66.8 Å². The SMILES string of the molecule is COc1ccc2c(c1O)C(=O)CC1C2(C)CCC(O)C1(C)C. The summed E-state index contributed by atoms with van der Waals surface area (Å²) in [7, 11) is 1.49. The van der Waals surface area contributed by atoms with Gasteiger partial charge in [-0.05, 0) is 41.2 Å². The molecule has 0 aliphatic heterocycles. The maximum atomic E-state index is 12.7. The smallest absolute Gasteiger partial charge is 0.168 e. The van der Waals surface area contributed by atoms with Crippen LogP contribution in [0.5, 0.6) is 11.5 Å². The van der Waals surface area contributed by atoms with Gasteiger partial charge >= 0.3 is 0 Å². The van der Waals surface area contributed by atoms with Crippen molar-refractivity contribution in [3.8, 4) is 11.5 Å². The number of fused-ring (bicyclic) bond motifs is 3. The van der Waals surface area contributed by atoms with Crippen LogP contribution < -0.4 is 4.74 Å². The van der Waals surface area contributed by atoms with Crippen molar-refractivity contribution in [1.29, 1.82) is 0 Å². The summed E-state index contributed by atoms with van der Waals surface area (Å²) in [5.41, 5.74) is 0.767. The lowest BCUT2D eigenvalue weighted by Gasteiger charge is -2.55. The second kappa shape index (κ2) is 4.72. The maximum absolute atomic E-state index is 12.7. The summed E-state index contributed by atoms with van der Waals surface area (Å²) >= 11 is 0. The third-order valence-electron chi connectivity index (χ3n) is 6.11. The Morgan fingerprint density at radius 3 is 2.59 bits per heavy atom. The van der Waals surface area contributed by atoms with E-state index < -0.39 is 6.10 Å². The number of hydrogen-bond acceptors (Lipinski definition) is 4. The second-order valence-electron chi connectivity index (χ2n) is 7.51. The quantitative estimate of drug-likeness (QED) is 0.837. The molecule has 2 N–H and O–H groups in total. The van der Waals surface area contributed by atoms with Gasteiger partial charge in [0.2, 0.25) is 0 Å². The first-order chi connectivity index (χ1) is 10.2. The zero-order chi connectivity index (χ0) is 16.3. The van der Waals surface area contributed by atoms with Crippen molar-refractivity contribution in [2.24, 2.45) is 11.3 Å². The Morgan fingerprint density at radius 1 is 1.27 bits per heavy atom. The molecule has 0 spiro atoms. The number of ketones is 1. The monoisotopic (exact) mass is 304 g/mol. The Balaban J connectivity index is 2.21. The molecule has 2 aliphatic rings. The van der Waals surface area contributed by atoms with E-state index in [1.165, 1.54) is 7.11 Å². The van der Waals surface area contributed by atoms with Crippen LogP contribution in [0.25, 0.3) is 0 Å². The summed E-state index contributed by atoms with van der Waals surface area (Å²) < 4.78 is 5.14. The lowest BCUT2D eigenvalue weighted by atomic mass is 9.49. The summed E-state index contributed by atoms with van der Waals surface area (Å²) in [6.45, 7) is 6.24. The number of carbonyl (C=O) groups excluding carboxylic acids is 1. The predicted octanol–water partition coefficient (Wildman–Crippen LogP) is 3.04. The van der Waals surface area contributed by atoms with E-state index in [2.05, 4.69) is 6.92 Å². The predicted molar refractivity (Wildman–Crippen MR) is 83.5 cm³/mol. The van der Waals surface area contributed by atoms with Gasteiger partial charge in [0.1, 0.15) is 0 Å². The standard InChI is InChI=1S/C18H24O4/c1-17(2)13-9-11(19)15-10(5-6-12(22-4)16(15)21)18(13,3)8-7-14(17)20/h5-6,13-14,20-21H,7-9H2,1-4H3. The summed E-state index contributed by atoms with van der Waals surface area (Å²) in [4.78, 5) is 12.7. The highest BCUT2D eigenvalue weighted by atomic mass is 16.5. The van der Waals surface area contributed by atoms with E-state index in [0.29, 0.717) is 24.2 Å². The highest BCUT2D eigenvalue weighted by molar-refractivity contribution is 6.02. The summed E-state index contributed by atoms with van der Waals surface area (Å²) in [6.07, 6.45) is 1.48. The summed E-state index contributed by atoms with van der Waals surface area (Å²) in [5.74, 6) is 0.297. The minimum Gasteiger partial charge on any atom is -0.504 e. The number of ether oxygens (including phenoxy) is 1. The van der Waals surface area contributed by atoms with E-state index in [1.54, 1.807) is 6.07 Å². The molecule has 0 heterocycles. The molecule has 120 valence electrons. The van der Waals surface area contributed by atoms with E-state index >= 15 is 0 Å². The number of hydrogen-bond donors (Lipinski definition) is 2. The van der Waals surface area contributed by atoms with Crippen LogP contribution in [0.1, 0.15) is 56.0 Å². The van der Waals surface area contributed by atoms with Gasteiger partial charge in [-0.25, -0.2) is 0 Å². The molecule has 0 saturated heterocycles. The van der Waals surface area contributed by atoms with Gasteiger partial charge in [-0.3, -0.25) is 4.79 Å². The molecule has 1 fully saturated rings. The number of methoxy groups -OCH3 is 1. The Kier molecular flexibility index (Phi) is 3.29. The van der Waals surface area contributed by atoms with Crippen LogP contribution in [0, 0.1) is 11.3 Å². The second-order valence-corrected chi connectivity index (χ2v) is 7.51. The van der Waals surface area contributed by atoms with Crippen LogP contribution in [0.2, 0.25) is 0 Å². The van der Waals surface area contributed by atoms with Crippen molar-refractivity contribution in [3.05, 3.63) is 23.3 Å². The third-order valence-corrected chi connectivity index (χ3v) is 6.11. The fourth-order valence-electron chi connectivity index (χ4n) is 4.63. The highest BCUT2D eigenvalue weighted by Crippen LogP contribution is 2.58. The number of aliphatic hydroxyl groups is 1. The zero-order valence-corrected chi connectivity index (χ0v) is 13.6. The van der Waals surface area contributed by atoms with Crippen LogP contribution in [0.15, 0.2) is 12.1 Å². The fraction of sp³-hybridized carbons (Fsp3) is 0.611. The molecule has 0 aromatic heterocycles. The van der Waals surface area contributed by atoms with E-state index in [9.17, 15) is 15.0 Å². The molecule has 4 nitrogen and oxygen atoms in total. The van der Waals surface area contributed by atoms with Crippen LogP contribution in [-0.2, 0) is 5.41 Å². The van der Waals surface area contributed by atoms with Gasteiger partial charge in [0.15, 0.2) is 17.3 Å². The van der Waals surface area contributed by atoms with E-state index in [-0.39, 0.29) is 28.3 Å². The van der Waals surface area contributed by atoms with Crippen molar-refractivity contribution in [2.75, 3.05) is 7.11 Å². The zero-order valence-electron chi connectivity index (χ0n) is 13.6. The van der Waals surface area contributed by atoms with E-state index in [4.69, 9.17) is 4.74 Å². The Hall–Kier alpha value is -1.55. The molecule has 2 aliphatic carbocycles. The molecule has 4 heteroatoms. The minimum absolute atomic E-state index is 0.0476. The van der Waals surface area contributed by atoms with E-state index in [0.717, 1.165) is 12.0 Å². The largest absolute Gasteiger partial charge is 0.504 e. The number of Topliss-reactive ketones (excluding diaryl/α,β-unsaturated/α-hetero) is 1. The molecule has 1 aromatic carbocycles. The summed E-state index contributed by atoms with van der Waals surface area (Å²) in [5, 5.41) is 20.8. The minimum atomic E-state index is -0.397. The molecule has 3 atom stereocenters. The van der Waals surface area contributed by atoms with Crippen LogP contribution >= 0.6 is 0 Å². The highest BCUT2D eigenvalue weighted by Gasteiger charge is 2.55. The van der Waals surface area contributed by atoms with Crippen LogP contribution in [0.4, 0.5) is 0 Å². The van der Waals surface area contributed by atoms with Crippen molar-refractivity contribution in [3.63, 3.8) is 0 Å². The number of phenolic OH excluding ortho intramolecular Hbond substituents is 1. The molecule has 3 rings (SSSR count). The Bertz CT molecular complexity index is 634. The van der Waals surface area contributed by atoms with Crippen LogP contribution in [0.3, 0.4) is 0 Å². The first-order valence-electron chi connectivity index (χ1n) is 7.85. The molecule has 0 radical (unpaired) electrons. The average Bonchev–Trinajstić information content (AvgIpc) is 2.47. The number of aromatic hydroxyl groups is 1. The molecule has 1 saturated carbocycles. The van der Waals surface area contributed by atoms with Gasteiger partial charge in [-0.2, -0.15) is 0 Å². The van der Waals surface area contributed by atoms with Crippen molar-refractivity contribution in [1.82, 2.24) is 0 Å². The van der Waals surface area contributed by atoms with Gasteiger partial charge in [0.25, 0.3) is 0 Å². The van der Waals surface area contributed by atoms with Gasteiger partial charge in [0.05, 0.1) is 18.8 Å². The van der Waals surface area contributed by atoms with Gasteiger partial charge in [0, 0.05) is 6.42 Å². The third kappa shape index (κ3) is 1.83. The van der Waals surface area contributed by atoms with E-state index in [1.807, 2.05) is 19.9 Å². The number of rotatable bonds is 1. The van der Waals surface area contributed by atoms with Crippen molar-refractivity contribution in [2.45, 2.75) is 51.6 Å². The molecular weight excluding hydrogens is 280 g/mol. The van der Waals surface area contributed by atoms with Gasteiger partial charge in [-0.1, -0.05) is 26.8 Å². The number of carbonyl (C=O) groups is 1. The summed E-state index contributed by atoms with van der Waals surface area (Å²) in [6, 6.07) is 3.64.